The van der Waals surface area contributed by atoms with Crippen LogP contribution in [0.5, 0.6) is 11.5 Å². The molecule has 2 N–H and O–H groups in total. The summed E-state index contributed by atoms with van der Waals surface area (Å²) in [6.45, 7) is 5.88. The number of nitrogens with zero attached hydrogens (tertiary/aromatic N) is 2. The number of nitrogens with one attached hydrogen (secondary N) is 2. The van der Waals surface area contributed by atoms with Crippen molar-refractivity contribution in [1.29, 1.82) is 0 Å². The molecular weight excluding hydrogens is 408 g/mol. The molecule has 32 heavy (non-hydrogen) atoms. The van der Waals surface area contributed by atoms with Crippen molar-refractivity contribution in [3.63, 3.8) is 0 Å². The van der Waals surface area contributed by atoms with Gasteiger partial charge >= 0.3 is 0 Å². The second kappa shape index (κ2) is 10.9. The number of carbonyl (C=O) groups is 1. The standard InChI is InChI=1S/C24H26N4O4/c1-4-14-32-20-12-10-18(15-21(20)31-3)23-26-24(30)19(27-28-23)11-13-22(29)25-16(2)17-8-6-5-7-9-17/h4-10,12,15-16H,1,11,13-14H2,2-3H3,(H,25,29)(H,26,28,30)/t16-/m0/s1. The van der Waals surface area contributed by atoms with E-state index in [0.29, 0.717) is 29.5 Å². The summed E-state index contributed by atoms with van der Waals surface area (Å²) in [5.41, 5.74) is 1.46. The number of H-pyrrole nitrogens is 1. The maximum atomic E-state index is 12.5. The molecule has 1 atom stereocenters. The average molecular weight is 434 g/mol. The molecule has 1 aromatic heterocycles. The summed E-state index contributed by atoms with van der Waals surface area (Å²) in [4.78, 5) is 27.5. The smallest absolute Gasteiger partial charge is 0.273 e. The van der Waals surface area contributed by atoms with E-state index in [1.807, 2.05) is 37.3 Å². The molecule has 0 aliphatic heterocycles. The third kappa shape index (κ3) is 5.81. The van der Waals surface area contributed by atoms with Crippen LogP contribution in [0.3, 0.4) is 0 Å². The number of hydrogen-bond acceptors (Lipinski definition) is 6. The van der Waals surface area contributed by atoms with E-state index in [4.69, 9.17) is 9.47 Å². The summed E-state index contributed by atoms with van der Waals surface area (Å²) in [6, 6.07) is 14.7. The molecule has 0 saturated heterocycles. The number of ether oxygens (including phenoxy) is 2. The van der Waals surface area contributed by atoms with Crippen molar-refractivity contribution >= 4 is 5.91 Å². The van der Waals surface area contributed by atoms with E-state index >= 15 is 0 Å². The van der Waals surface area contributed by atoms with Gasteiger partial charge in [-0.25, -0.2) is 0 Å². The number of rotatable bonds is 10. The number of aromatic amines is 1. The first-order chi connectivity index (χ1) is 15.5. The SMILES string of the molecule is C=CCOc1ccc(-c2nnc(CCC(=O)N[C@@H](C)c3ccccc3)c(=O)[nH]2)cc1OC. The number of methoxy groups -OCH3 is 1. The molecular formula is C24H26N4O4. The zero-order chi connectivity index (χ0) is 22.9. The van der Waals surface area contributed by atoms with Crippen molar-refractivity contribution in [3.05, 3.63) is 82.8 Å². The predicted molar refractivity (Wildman–Crippen MR) is 122 cm³/mol. The molecule has 3 rings (SSSR count). The van der Waals surface area contributed by atoms with Crippen LogP contribution in [0.15, 0.2) is 66.0 Å². The summed E-state index contributed by atoms with van der Waals surface area (Å²) in [6.07, 6.45) is 1.96. The van der Waals surface area contributed by atoms with Crippen molar-refractivity contribution in [3.8, 4) is 22.9 Å². The summed E-state index contributed by atoms with van der Waals surface area (Å²) >= 11 is 0. The molecule has 166 valence electrons. The van der Waals surface area contributed by atoms with E-state index in [9.17, 15) is 9.59 Å². The molecule has 0 radical (unpaired) electrons. The van der Waals surface area contributed by atoms with Crippen molar-refractivity contribution < 1.29 is 14.3 Å². The number of aromatic nitrogens is 3. The number of carbonyl (C=O) groups excluding carboxylic acids is 1. The largest absolute Gasteiger partial charge is 0.493 e. The van der Waals surface area contributed by atoms with E-state index in [2.05, 4.69) is 27.1 Å². The zero-order valence-corrected chi connectivity index (χ0v) is 18.1. The quantitative estimate of drug-likeness (QED) is 0.475. The first-order valence-corrected chi connectivity index (χ1v) is 10.2. The monoisotopic (exact) mass is 434 g/mol. The van der Waals surface area contributed by atoms with Gasteiger partial charge in [0, 0.05) is 18.4 Å². The lowest BCUT2D eigenvalue weighted by atomic mass is 10.1. The fraction of sp³-hybridized carbons (Fsp3) is 0.250. The van der Waals surface area contributed by atoms with Gasteiger partial charge in [0.1, 0.15) is 12.3 Å². The summed E-state index contributed by atoms with van der Waals surface area (Å²) in [5.74, 6) is 1.19. The maximum Gasteiger partial charge on any atom is 0.273 e. The van der Waals surface area contributed by atoms with Gasteiger partial charge in [0.05, 0.1) is 13.2 Å². The minimum atomic E-state index is -0.384. The Morgan fingerprint density at radius 3 is 2.66 bits per heavy atom. The molecule has 0 aliphatic rings. The highest BCUT2D eigenvalue weighted by Crippen LogP contribution is 2.31. The van der Waals surface area contributed by atoms with Gasteiger partial charge in [0.15, 0.2) is 17.3 Å². The Morgan fingerprint density at radius 2 is 1.97 bits per heavy atom. The summed E-state index contributed by atoms with van der Waals surface area (Å²) in [7, 11) is 1.53. The lowest BCUT2D eigenvalue weighted by molar-refractivity contribution is -0.121. The Hall–Kier alpha value is -3.94. The predicted octanol–water partition coefficient (Wildman–Crippen LogP) is 3.22. The summed E-state index contributed by atoms with van der Waals surface area (Å²) < 4.78 is 10.9. The average Bonchev–Trinajstić information content (AvgIpc) is 2.82. The number of benzene rings is 2. The van der Waals surface area contributed by atoms with Crippen LogP contribution in [0.4, 0.5) is 0 Å². The van der Waals surface area contributed by atoms with E-state index < -0.39 is 0 Å². The molecule has 0 aliphatic carbocycles. The molecule has 1 amide bonds. The van der Waals surface area contributed by atoms with E-state index in [0.717, 1.165) is 5.56 Å². The van der Waals surface area contributed by atoms with Crippen LogP contribution >= 0.6 is 0 Å². The van der Waals surface area contributed by atoms with E-state index in [1.165, 1.54) is 7.11 Å². The lowest BCUT2D eigenvalue weighted by Crippen LogP contribution is -2.28. The number of amides is 1. The highest BCUT2D eigenvalue weighted by molar-refractivity contribution is 5.76. The van der Waals surface area contributed by atoms with Gasteiger partial charge in [-0.05, 0) is 30.7 Å². The van der Waals surface area contributed by atoms with Crippen LogP contribution in [0.2, 0.25) is 0 Å². The first-order valence-electron chi connectivity index (χ1n) is 10.2. The van der Waals surface area contributed by atoms with Gasteiger partial charge in [-0.3, -0.25) is 9.59 Å². The zero-order valence-electron chi connectivity index (χ0n) is 18.1. The van der Waals surface area contributed by atoms with Crippen molar-refractivity contribution in [2.45, 2.75) is 25.8 Å². The van der Waals surface area contributed by atoms with Gasteiger partial charge in [-0.15, -0.1) is 10.2 Å². The normalized spacial score (nSPS) is 11.4. The second-order valence-electron chi connectivity index (χ2n) is 7.11. The Labute approximate surface area is 186 Å². The summed E-state index contributed by atoms with van der Waals surface area (Å²) in [5, 5.41) is 11.1. The highest BCUT2D eigenvalue weighted by Gasteiger charge is 2.13. The van der Waals surface area contributed by atoms with Crippen molar-refractivity contribution in [2.75, 3.05) is 13.7 Å². The number of hydrogen-bond donors (Lipinski definition) is 2. The molecule has 3 aromatic rings. The van der Waals surface area contributed by atoms with Crippen LogP contribution in [0.1, 0.15) is 30.6 Å². The van der Waals surface area contributed by atoms with Gasteiger partial charge in [-0.1, -0.05) is 43.0 Å². The number of aryl methyl sites for hydroxylation is 1. The fourth-order valence-corrected chi connectivity index (χ4v) is 3.11. The van der Waals surface area contributed by atoms with E-state index in [-0.39, 0.29) is 36.0 Å². The van der Waals surface area contributed by atoms with Gasteiger partial charge in [0.2, 0.25) is 5.91 Å². The van der Waals surface area contributed by atoms with Crippen LogP contribution in [0.25, 0.3) is 11.4 Å². The minimum Gasteiger partial charge on any atom is -0.493 e. The Balaban J connectivity index is 1.64. The molecule has 8 nitrogen and oxygen atoms in total. The molecule has 2 aromatic carbocycles. The van der Waals surface area contributed by atoms with Crippen LogP contribution in [-0.2, 0) is 11.2 Å². The van der Waals surface area contributed by atoms with Gasteiger partial charge < -0.3 is 19.8 Å². The topological polar surface area (TPSA) is 106 Å². The second-order valence-corrected chi connectivity index (χ2v) is 7.11. The maximum absolute atomic E-state index is 12.5. The van der Waals surface area contributed by atoms with Crippen molar-refractivity contribution in [1.82, 2.24) is 20.5 Å². The van der Waals surface area contributed by atoms with Gasteiger partial charge in [0.25, 0.3) is 5.56 Å². The first kappa shape index (κ1) is 22.7. The van der Waals surface area contributed by atoms with Crippen molar-refractivity contribution in [2.24, 2.45) is 0 Å². The highest BCUT2D eigenvalue weighted by atomic mass is 16.5. The lowest BCUT2D eigenvalue weighted by Gasteiger charge is -2.14. The molecule has 0 fully saturated rings. The molecule has 8 heteroatoms. The third-order valence-electron chi connectivity index (χ3n) is 4.82. The molecule has 0 spiro atoms. The molecule has 0 unspecified atom stereocenters. The Bertz CT molecular complexity index is 1130. The Morgan fingerprint density at radius 1 is 1.19 bits per heavy atom. The van der Waals surface area contributed by atoms with Crippen LogP contribution < -0.4 is 20.3 Å². The van der Waals surface area contributed by atoms with Crippen LogP contribution in [-0.4, -0.2) is 34.8 Å². The fourth-order valence-electron chi connectivity index (χ4n) is 3.11. The minimum absolute atomic E-state index is 0.121. The van der Waals surface area contributed by atoms with E-state index in [1.54, 1.807) is 24.3 Å². The molecule has 0 bridgehead atoms. The van der Waals surface area contributed by atoms with Crippen LogP contribution in [0, 0.1) is 0 Å². The molecule has 0 saturated carbocycles. The Kier molecular flexibility index (Phi) is 7.75. The third-order valence-corrected chi connectivity index (χ3v) is 4.82. The molecule has 1 heterocycles. The van der Waals surface area contributed by atoms with Gasteiger partial charge in [-0.2, -0.15) is 0 Å².